The maximum atomic E-state index is 12.6. The van der Waals surface area contributed by atoms with Crippen molar-refractivity contribution in [2.45, 2.75) is 597 Å². The molecule has 7 atom stereocenters. The van der Waals surface area contributed by atoms with Gasteiger partial charge in [0.05, 0.1) is 68.2 Å². The van der Waals surface area contributed by atoms with Gasteiger partial charge < -0.3 is 81.7 Å². The van der Waals surface area contributed by atoms with Crippen LogP contribution in [0.2, 0.25) is 0 Å². The van der Waals surface area contributed by atoms with Crippen molar-refractivity contribution < 1.29 is 38.9 Å². The lowest BCUT2D eigenvalue weighted by Gasteiger charge is -2.47. The number of aliphatic hydroxyl groups is 2. The van der Waals surface area contributed by atoms with E-state index in [1.165, 1.54) is 108 Å². The number of likely N-dealkylation sites (tertiary alicyclic amines) is 5. The zero-order valence-corrected chi connectivity index (χ0v) is 104. The van der Waals surface area contributed by atoms with Crippen LogP contribution in [-0.2, 0) is 28.7 Å². The molecule has 7 heterocycles. The van der Waals surface area contributed by atoms with Crippen molar-refractivity contribution in [3.8, 4) is 0 Å². The molecule has 23 heteroatoms. The molecule has 6 fully saturated rings. The average Bonchev–Trinajstić information content (AvgIpc) is 0.886. The lowest BCUT2D eigenvalue weighted by atomic mass is 9.76. The average molecular weight is 2050 g/mol. The molecule has 850 valence electrons. The van der Waals surface area contributed by atoms with E-state index < -0.39 is 5.60 Å². The first kappa shape index (κ1) is 138. The summed E-state index contributed by atoms with van der Waals surface area (Å²) in [7, 11) is 0. The van der Waals surface area contributed by atoms with Crippen molar-refractivity contribution in [2.24, 2.45) is 55.2 Å². The predicted molar refractivity (Wildman–Crippen MR) is 617 cm³/mol. The molecule has 1 aromatic rings. The molecule has 6 saturated heterocycles. The van der Waals surface area contributed by atoms with E-state index in [1.54, 1.807) is 16.7 Å². The highest BCUT2D eigenvalue weighted by Gasteiger charge is 2.45. The van der Waals surface area contributed by atoms with Crippen LogP contribution in [0.15, 0.2) is 10.2 Å². The Morgan fingerprint density at radius 1 is 0.347 bits per heavy atom. The van der Waals surface area contributed by atoms with Crippen molar-refractivity contribution in [1.29, 1.82) is 0 Å². The zero-order valence-electron chi connectivity index (χ0n) is 103. The number of nitrogens with zero attached hydrogens (tertiary/aromatic N) is 5. The van der Waals surface area contributed by atoms with Gasteiger partial charge >= 0.3 is 4.87 Å². The number of aliphatic hydroxyl groups excluding tert-OH is 1. The first-order chi connectivity index (χ1) is 64.9. The number of carbonyl (C=O) groups is 5. The molecule has 1 aromatic heterocycles. The summed E-state index contributed by atoms with van der Waals surface area (Å²) in [4.78, 5) is 86.7. The Morgan fingerprint density at radius 3 is 0.778 bits per heavy atom. The summed E-state index contributed by atoms with van der Waals surface area (Å²) in [6.45, 7) is 111. The minimum absolute atomic E-state index is 0.00438. The number of aromatic amines is 1. The number of hydrogen-bond acceptors (Lipinski definition) is 17. The molecule has 6 aliphatic heterocycles. The van der Waals surface area contributed by atoms with Gasteiger partial charge in [0, 0.05) is 120 Å². The maximum Gasteiger partial charge on any atom is 0.304 e. The smallest absolute Gasteiger partial charge is 0.304 e. The SMILES string of the molecule is CC(C)(C)CCCCC(NC(C)(C)C)C(=O)N1CC(C)(O)C1.CC(C)(C)CCCCC(NC(C)(C)C)C(=O)N1CC(O)C1.CC(C)(C)CCCCC(NC(C)(C)C)C(=O)N1CCC1.CC(C)(C)CCCCC(NC(C)(C)C)C1(C)COC1.CC(C)(C)CCCCC(NC(C)(C)C)c1csc(=O)[nH]1.CC1CN(C(=O)C(CCCCC(C)(C)C)NC(C)(C)C)C1.CC1CN(C(=O)C(CCCCC(C)(C)C)NC(C)(C)C)C1. The monoisotopic (exact) mass is 2050 g/mol. The van der Waals surface area contributed by atoms with Gasteiger partial charge in [-0.2, -0.15) is 0 Å². The molecule has 144 heavy (non-hydrogen) atoms. The molecular weight excluding hydrogens is 1810 g/mol. The van der Waals surface area contributed by atoms with E-state index in [0.29, 0.717) is 105 Å². The van der Waals surface area contributed by atoms with Crippen molar-refractivity contribution in [2.75, 3.05) is 78.7 Å². The van der Waals surface area contributed by atoms with Gasteiger partial charge in [-0.15, -0.1) is 0 Å². The normalized spacial score (nSPS) is 18.4. The van der Waals surface area contributed by atoms with Crippen LogP contribution in [0, 0.1) is 55.2 Å². The Balaban J connectivity index is 0.000000840. The minimum Gasteiger partial charge on any atom is -0.389 e. The van der Waals surface area contributed by atoms with E-state index in [1.807, 2.05) is 20.1 Å². The highest BCUT2D eigenvalue weighted by molar-refractivity contribution is 7.07. The van der Waals surface area contributed by atoms with Gasteiger partial charge in [0.2, 0.25) is 29.5 Å². The second-order valence-corrected chi connectivity index (χ2v) is 62.3. The second-order valence-electron chi connectivity index (χ2n) is 61.5. The lowest BCUT2D eigenvalue weighted by Crippen LogP contribution is -2.65. The molecule has 6 aliphatic rings. The van der Waals surface area contributed by atoms with E-state index in [0.717, 1.165) is 148 Å². The molecule has 22 nitrogen and oxygen atoms in total. The number of thiazole rings is 1. The summed E-state index contributed by atoms with van der Waals surface area (Å²) in [5, 5.41) is 46.1. The van der Waals surface area contributed by atoms with E-state index in [-0.39, 0.29) is 97.8 Å². The lowest BCUT2D eigenvalue weighted by molar-refractivity contribution is -0.155. The third-order valence-corrected chi connectivity index (χ3v) is 27.2. The van der Waals surface area contributed by atoms with Crippen molar-refractivity contribution in [3.63, 3.8) is 0 Å². The van der Waals surface area contributed by atoms with Gasteiger partial charge in [0.25, 0.3) is 0 Å². The summed E-state index contributed by atoms with van der Waals surface area (Å²) < 4.78 is 5.45. The molecular formula is C121H241N13O9S. The number of hydrogen-bond donors (Lipinski definition) is 10. The highest BCUT2D eigenvalue weighted by Crippen LogP contribution is 2.37. The first-order valence-electron chi connectivity index (χ1n) is 57.4. The van der Waals surface area contributed by atoms with Gasteiger partial charge in [-0.3, -0.25) is 28.8 Å². The van der Waals surface area contributed by atoms with Crippen LogP contribution in [0.3, 0.4) is 0 Å². The quantitative estimate of drug-likeness (QED) is 0.0273. The number of nitrogens with one attached hydrogen (secondary N) is 8. The molecule has 7 unspecified atom stereocenters. The Morgan fingerprint density at radius 2 is 0.583 bits per heavy atom. The fourth-order valence-electron chi connectivity index (χ4n) is 18.9. The van der Waals surface area contributed by atoms with Crippen LogP contribution in [0.5, 0.6) is 0 Å². The Hall–Kier alpha value is -3.62. The highest BCUT2D eigenvalue weighted by atomic mass is 32.1. The largest absolute Gasteiger partial charge is 0.389 e. The molecule has 0 aliphatic carbocycles. The van der Waals surface area contributed by atoms with Crippen LogP contribution in [0.1, 0.15) is 516 Å². The second kappa shape index (κ2) is 60.3. The Bertz CT molecular complexity index is 3600. The molecule has 0 spiro atoms. The van der Waals surface area contributed by atoms with E-state index >= 15 is 0 Å². The summed E-state index contributed by atoms with van der Waals surface area (Å²) in [6, 6.07) is 0.522. The molecule has 7 rings (SSSR count). The van der Waals surface area contributed by atoms with Gasteiger partial charge in [-0.25, -0.2) is 0 Å². The minimum atomic E-state index is -0.700. The summed E-state index contributed by atoms with van der Waals surface area (Å²) in [5.41, 5.74) is 3.49. The van der Waals surface area contributed by atoms with Crippen molar-refractivity contribution in [3.05, 3.63) is 20.7 Å². The van der Waals surface area contributed by atoms with Gasteiger partial charge in [0.15, 0.2) is 0 Å². The van der Waals surface area contributed by atoms with Crippen LogP contribution in [-0.4, -0.2) is 235 Å². The summed E-state index contributed by atoms with van der Waals surface area (Å²) in [5.74, 6) is 2.54. The van der Waals surface area contributed by atoms with Gasteiger partial charge in [-0.05, 0) is 298 Å². The number of rotatable bonds is 42. The number of unbranched alkanes of at least 4 members (excludes halogenated alkanes) is 7. The third kappa shape index (κ3) is 69.1. The van der Waals surface area contributed by atoms with Crippen LogP contribution < -0.4 is 42.1 Å². The standard InChI is InChI=1S/C18H36N2O2.2C18H36N2O.C17H34N2O2.C17H34N2O.C17H35NO.C16H30N2OS/c1-16(2,3)11-9-8-10-14(19-17(4,5)6)15(21)20-12-18(7,22)13-20;2*1-14-12-20(13-14)16(21)15(19-18(5,6)7)10-8-9-11-17(2,3)4;1-16(2,3)10-8-7-9-14(18-17(4,5)6)15(21)19-11-13(20)12-19;1-16(2,3)11-8-7-10-14(18-17(4,5)6)15(20)19-12-9-13-19;1-15(2,3)11-9-8-10-14(18-16(4,5)6)17(7)12-19-13-17;1-15(2,3)10-8-7-9-12(18-16(4,5)6)13-11-20-14(19)17-13/h14,19,22H,8-13H2,1-7H3;2*14-15,19H,8-13H2,1-7H3;13-14,18,20H,7-12H2,1-6H3;14,18H,7-13H2,1-6H3;14,18H,8-13H2,1-7H3;11-12,18H,7-10H2,1-6H3,(H,17,19). The van der Waals surface area contributed by atoms with Crippen LogP contribution >= 0.6 is 11.3 Å². The molecule has 0 saturated carbocycles. The topological polar surface area (TPSA) is 268 Å². The molecule has 0 aromatic carbocycles. The van der Waals surface area contributed by atoms with E-state index in [2.05, 4.69) is 354 Å². The third-order valence-electron chi connectivity index (χ3n) is 26.5. The molecule has 10 N–H and O–H groups in total. The van der Waals surface area contributed by atoms with E-state index in [4.69, 9.17) is 4.74 Å². The van der Waals surface area contributed by atoms with Crippen molar-refractivity contribution in [1.82, 2.24) is 66.7 Å². The van der Waals surface area contributed by atoms with Gasteiger partial charge in [0.1, 0.15) is 0 Å². The maximum absolute atomic E-state index is 12.6. The number of β-amino-alcohol motifs (C(OH)–C–C–N with tert-alkyl or cyclic N) is 2. The van der Waals surface area contributed by atoms with Crippen LogP contribution in [0.25, 0.3) is 0 Å². The fraction of sp³-hybridized carbons (Fsp3) is 0.934. The number of ether oxygens (including phenoxy) is 1. The first-order valence-corrected chi connectivity index (χ1v) is 58.3. The number of aromatic nitrogens is 1. The number of amides is 5. The molecule has 0 radical (unpaired) electrons. The number of H-pyrrole nitrogens is 1. The molecule has 0 bridgehead atoms. The predicted octanol–water partition coefficient (Wildman–Crippen LogP) is 25.6. The Kier molecular flexibility index (Phi) is 58.0. The molecule has 5 amide bonds. The fourth-order valence-corrected chi connectivity index (χ4v) is 19.6. The number of carbonyl (C=O) groups excluding carboxylic acids is 5. The van der Waals surface area contributed by atoms with E-state index in [9.17, 15) is 39.0 Å². The van der Waals surface area contributed by atoms with Crippen molar-refractivity contribution >= 4 is 40.9 Å². The summed E-state index contributed by atoms with van der Waals surface area (Å²) >= 11 is 1.25. The van der Waals surface area contributed by atoms with Gasteiger partial charge in [-0.1, -0.05) is 267 Å². The Labute approximate surface area is 893 Å². The summed E-state index contributed by atoms with van der Waals surface area (Å²) in [6.07, 6.45) is 32.9. The van der Waals surface area contributed by atoms with Crippen LogP contribution in [0.4, 0.5) is 0 Å². The zero-order chi connectivity index (χ0) is 111.